The molecule has 0 saturated heterocycles. The van der Waals surface area contributed by atoms with Gasteiger partial charge in [-0.15, -0.1) is 0 Å². The number of carbonyl (C=O) groups is 1. The molecular formula is C12H13NO2. The molecule has 3 heteroatoms. The van der Waals surface area contributed by atoms with Crippen molar-refractivity contribution >= 4 is 6.29 Å². The van der Waals surface area contributed by atoms with E-state index >= 15 is 0 Å². The van der Waals surface area contributed by atoms with E-state index in [2.05, 4.69) is 0 Å². The van der Waals surface area contributed by atoms with Crippen molar-refractivity contribution in [1.29, 1.82) is 5.26 Å². The highest BCUT2D eigenvalue weighted by atomic mass is 16.5. The minimum atomic E-state index is -0.0353. The summed E-state index contributed by atoms with van der Waals surface area (Å²) < 4.78 is 5.17. The Balaban J connectivity index is 2.98. The Morgan fingerprint density at radius 1 is 1.60 bits per heavy atom. The van der Waals surface area contributed by atoms with Gasteiger partial charge in [0.25, 0.3) is 0 Å². The van der Waals surface area contributed by atoms with Gasteiger partial charge in [0.2, 0.25) is 0 Å². The molecule has 0 heterocycles. The molecule has 78 valence electrons. The molecule has 0 aliphatic heterocycles. The summed E-state index contributed by atoms with van der Waals surface area (Å²) in [7, 11) is 1.56. The van der Waals surface area contributed by atoms with E-state index in [1.165, 1.54) is 0 Å². The molecular weight excluding hydrogens is 190 g/mol. The van der Waals surface area contributed by atoms with E-state index in [1.807, 2.05) is 19.1 Å². The van der Waals surface area contributed by atoms with Crippen molar-refractivity contribution in [3.05, 3.63) is 29.3 Å². The number of rotatable bonds is 4. The van der Waals surface area contributed by atoms with Crippen LogP contribution < -0.4 is 4.74 Å². The molecule has 15 heavy (non-hydrogen) atoms. The Kier molecular flexibility index (Phi) is 3.87. The van der Waals surface area contributed by atoms with Crippen molar-refractivity contribution in [2.24, 2.45) is 5.92 Å². The molecule has 0 fully saturated rings. The van der Waals surface area contributed by atoms with E-state index in [0.717, 1.165) is 11.8 Å². The molecule has 0 saturated carbocycles. The maximum absolute atomic E-state index is 10.5. The number of methoxy groups -OCH3 is 1. The van der Waals surface area contributed by atoms with Crippen LogP contribution in [0, 0.1) is 17.2 Å². The molecule has 0 amide bonds. The number of hydrogen-bond acceptors (Lipinski definition) is 3. The van der Waals surface area contributed by atoms with Gasteiger partial charge in [-0.3, -0.25) is 0 Å². The summed E-state index contributed by atoms with van der Waals surface area (Å²) in [5.74, 6) is 0.634. The molecule has 0 aromatic heterocycles. The zero-order valence-corrected chi connectivity index (χ0v) is 8.86. The minimum absolute atomic E-state index is 0.0353. The molecule has 1 aromatic carbocycles. The average Bonchev–Trinajstić information content (AvgIpc) is 2.29. The summed E-state index contributed by atoms with van der Waals surface area (Å²) in [4.78, 5) is 10.5. The van der Waals surface area contributed by atoms with Gasteiger partial charge in [-0.2, -0.15) is 5.26 Å². The zero-order chi connectivity index (χ0) is 11.3. The van der Waals surface area contributed by atoms with Gasteiger partial charge in [0.1, 0.15) is 12.0 Å². The van der Waals surface area contributed by atoms with Gasteiger partial charge in [0.05, 0.1) is 18.7 Å². The fraction of sp³-hybridized carbons (Fsp3) is 0.333. The fourth-order valence-corrected chi connectivity index (χ4v) is 1.38. The number of hydrogen-bond donors (Lipinski definition) is 0. The van der Waals surface area contributed by atoms with Crippen molar-refractivity contribution in [3.8, 4) is 11.8 Å². The maximum atomic E-state index is 10.5. The normalized spacial score (nSPS) is 11.5. The van der Waals surface area contributed by atoms with Gasteiger partial charge in [-0.05, 0) is 24.1 Å². The molecule has 0 radical (unpaired) electrons. The second kappa shape index (κ2) is 5.16. The number of aldehydes is 1. The van der Waals surface area contributed by atoms with Crippen molar-refractivity contribution in [3.63, 3.8) is 0 Å². The van der Waals surface area contributed by atoms with Crippen molar-refractivity contribution in [1.82, 2.24) is 0 Å². The van der Waals surface area contributed by atoms with E-state index in [4.69, 9.17) is 10.00 Å². The number of carbonyl (C=O) groups excluding carboxylic acids is 1. The molecule has 0 bridgehead atoms. The Hall–Kier alpha value is -1.82. The summed E-state index contributed by atoms with van der Waals surface area (Å²) in [6.07, 6.45) is 1.55. The largest absolute Gasteiger partial charge is 0.496 e. The SMILES string of the molecule is COc1cc(C#N)ccc1CC(C)C=O. The van der Waals surface area contributed by atoms with Crippen LogP contribution in [0.15, 0.2) is 18.2 Å². The summed E-state index contributed by atoms with van der Waals surface area (Å²) in [5, 5.41) is 8.71. The van der Waals surface area contributed by atoms with Gasteiger partial charge in [0.15, 0.2) is 0 Å². The van der Waals surface area contributed by atoms with Crippen molar-refractivity contribution in [2.45, 2.75) is 13.3 Å². The van der Waals surface area contributed by atoms with E-state index in [-0.39, 0.29) is 5.92 Å². The molecule has 3 nitrogen and oxygen atoms in total. The topological polar surface area (TPSA) is 50.1 Å². The van der Waals surface area contributed by atoms with E-state index in [0.29, 0.717) is 17.7 Å². The average molecular weight is 203 g/mol. The van der Waals surface area contributed by atoms with Crippen LogP contribution >= 0.6 is 0 Å². The van der Waals surface area contributed by atoms with E-state index in [1.54, 1.807) is 19.2 Å². The van der Waals surface area contributed by atoms with Gasteiger partial charge < -0.3 is 9.53 Å². The van der Waals surface area contributed by atoms with Crippen LogP contribution in [-0.4, -0.2) is 13.4 Å². The molecule has 0 spiro atoms. The number of nitriles is 1. The standard InChI is InChI=1S/C12H13NO2/c1-9(8-14)5-11-4-3-10(7-13)6-12(11)15-2/h3-4,6,8-9H,5H2,1-2H3. The maximum Gasteiger partial charge on any atom is 0.123 e. The predicted molar refractivity (Wildman–Crippen MR) is 56.6 cm³/mol. The van der Waals surface area contributed by atoms with Crippen LogP contribution in [0.4, 0.5) is 0 Å². The summed E-state index contributed by atoms with van der Waals surface area (Å²) in [6.45, 7) is 1.85. The summed E-state index contributed by atoms with van der Waals surface area (Å²) in [6, 6.07) is 7.30. The van der Waals surface area contributed by atoms with Gasteiger partial charge >= 0.3 is 0 Å². The van der Waals surface area contributed by atoms with E-state index < -0.39 is 0 Å². The highest BCUT2D eigenvalue weighted by Gasteiger charge is 2.08. The quantitative estimate of drug-likeness (QED) is 0.703. The monoisotopic (exact) mass is 203 g/mol. The highest BCUT2D eigenvalue weighted by molar-refractivity contribution is 5.54. The van der Waals surface area contributed by atoms with Crippen LogP contribution in [0.3, 0.4) is 0 Å². The second-order valence-electron chi connectivity index (χ2n) is 3.46. The zero-order valence-electron chi connectivity index (χ0n) is 8.86. The Bertz CT molecular complexity index is 393. The summed E-state index contributed by atoms with van der Waals surface area (Å²) in [5.41, 5.74) is 1.52. The molecule has 0 aliphatic rings. The number of nitrogens with zero attached hydrogens (tertiary/aromatic N) is 1. The molecule has 1 aromatic rings. The molecule has 1 rings (SSSR count). The van der Waals surface area contributed by atoms with Crippen molar-refractivity contribution in [2.75, 3.05) is 7.11 Å². The molecule has 1 atom stereocenters. The first kappa shape index (κ1) is 11.3. The van der Waals surface area contributed by atoms with Crippen LogP contribution in [0.1, 0.15) is 18.1 Å². The molecule has 0 aliphatic carbocycles. The Morgan fingerprint density at radius 3 is 2.87 bits per heavy atom. The lowest BCUT2D eigenvalue weighted by Crippen LogP contribution is -2.02. The van der Waals surface area contributed by atoms with Crippen LogP contribution in [-0.2, 0) is 11.2 Å². The van der Waals surface area contributed by atoms with Gasteiger partial charge in [-0.1, -0.05) is 13.0 Å². The number of ether oxygens (including phenoxy) is 1. The third kappa shape index (κ3) is 2.81. The van der Waals surface area contributed by atoms with E-state index in [9.17, 15) is 4.79 Å². The fourth-order valence-electron chi connectivity index (χ4n) is 1.38. The summed E-state index contributed by atoms with van der Waals surface area (Å²) >= 11 is 0. The van der Waals surface area contributed by atoms with Crippen LogP contribution in [0.25, 0.3) is 0 Å². The predicted octanol–water partition coefficient (Wildman–Crippen LogP) is 1.94. The Labute approximate surface area is 89.3 Å². The lowest BCUT2D eigenvalue weighted by molar-refractivity contribution is -0.110. The molecule has 1 unspecified atom stereocenters. The second-order valence-corrected chi connectivity index (χ2v) is 3.46. The Morgan fingerprint density at radius 2 is 2.33 bits per heavy atom. The lowest BCUT2D eigenvalue weighted by atomic mass is 10.0. The first-order valence-corrected chi connectivity index (χ1v) is 4.73. The van der Waals surface area contributed by atoms with Crippen LogP contribution in [0.5, 0.6) is 5.75 Å². The van der Waals surface area contributed by atoms with Gasteiger partial charge in [-0.25, -0.2) is 0 Å². The van der Waals surface area contributed by atoms with Gasteiger partial charge in [0, 0.05) is 5.92 Å². The minimum Gasteiger partial charge on any atom is -0.496 e. The van der Waals surface area contributed by atoms with Crippen molar-refractivity contribution < 1.29 is 9.53 Å². The smallest absolute Gasteiger partial charge is 0.123 e. The molecule has 0 N–H and O–H groups in total. The third-order valence-electron chi connectivity index (χ3n) is 2.19. The highest BCUT2D eigenvalue weighted by Crippen LogP contribution is 2.22. The van der Waals surface area contributed by atoms with Crippen LogP contribution in [0.2, 0.25) is 0 Å². The third-order valence-corrected chi connectivity index (χ3v) is 2.19. The number of benzene rings is 1. The first-order chi connectivity index (χ1) is 7.21. The first-order valence-electron chi connectivity index (χ1n) is 4.73. The lowest BCUT2D eigenvalue weighted by Gasteiger charge is -2.09.